The van der Waals surface area contributed by atoms with E-state index in [0.29, 0.717) is 12.8 Å². The van der Waals surface area contributed by atoms with Crippen LogP contribution in [0.25, 0.3) is 0 Å². The van der Waals surface area contributed by atoms with Gasteiger partial charge in [0.15, 0.2) is 0 Å². The maximum absolute atomic E-state index is 12.6. The predicted octanol–water partition coefficient (Wildman–Crippen LogP) is 1.46. The van der Waals surface area contributed by atoms with Gasteiger partial charge in [-0.3, -0.25) is 4.79 Å². The van der Waals surface area contributed by atoms with Gasteiger partial charge in [-0.05, 0) is 57.7 Å². The highest BCUT2D eigenvalue weighted by atomic mass is 16.5. The number of hydrogen-bond acceptors (Lipinski definition) is 4. The summed E-state index contributed by atoms with van der Waals surface area (Å²) in [6.07, 6.45) is 1.40. The van der Waals surface area contributed by atoms with Crippen molar-refractivity contribution in [2.75, 3.05) is 39.6 Å². The lowest BCUT2D eigenvalue weighted by Crippen LogP contribution is -2.51. The third-order valence-electron chi connectivity index (χ3n) is 3.90. The number of ether oxygens (including phenoxy) is 1. The summed E-state index contributed by atoms with van der Waals surface area (Å²) < 4.78 is 5.55. The molecule has 1 saturated heterocycles. The first-order valence-electron chi connectivity index (χ1n) is 7.37. The molecule has 0 atom stereocenters. The maximum Gasteiger partial charge on any atom is 0.256 e. The van der Waals surface area contributed by atoms with Crippen LogP contribution in [0.4, 0.5) is 5.69 Å². The first-order chi connectivity index (χ1) is 10.1. The molecule has 1 aliphatic rings. The highest BCUT2D eigenvalue weighted by Crippen LogP contribution is 2.24. The smallest absolute Gasteiger partial charge is 0.256 e. The van der Waals surface area contributed by atoms with Crippen LogP contribution in [0.15, 0.2) is 24.3 Å². The summed E-state index contributed by atoms with van der Waals surface area (Å²) in [5.74, 6) is -0.0477. The summed E-state index contributed by atoms with van der Waals surface area (Å²) in [5.41, 5.74) is 1.30. The predicted molar refractivity (Wildman–Crippen MR) is 84.3 cm³/mol. The van der Waals surface area contributed by atoms with Crippen LogP contribution in [-0.2, 0) is 16.1 Å². The number of piperidine rings is 1. The second-order valence-corrected chi connectivity index (χ2v) is 5.84. The van der Waals surface area contributed by atoms with Gasteiger partial charge in [0.25, 0.3) is 5.91 Å². The zero-order chi connectivity index (χ0) is 15.3. The van der Waals surface area contributed by atoms with Crippen molar-refractivity contribution in [1.29, 1.82) is 0 Å². The van der Waals surface area contributed by atoms with Crippen LogP contribution in [0.3, 0.4) is 0 Å². The molecular formula is C16H25N3O2. The Hall–Kier alpha value is -1.43. The maximum atomic E-state index is 12.6. The summed E-state index contributed by atoms with van der Waals surface area (Å²) in [6.45, 7) is 2.47. The molecular weight excluding hydrogens is 266 g/mol. The Morgan fingerprint density at radius 1 is 1.38 bits per heavy atom. The van der Waals surface area contributed by atoms with Gasteiger partial charge in [0, 0.05) is 19.3 Å². The van der Waals surface area contributed by atoms with E-state index in [9.17, 15) is 4.79 Å². The minimum absolute atomic E-state index is 0.0477. The SMILES string of the molecule is COC1(C(=O)Nc2cccc(CN(C)C)c2)CCNCC1. The molecule has 1 aromatic rings. The van der Waals surface area contributed by atoms with Crippen LogP contribution in [-0.4, -0.2) is 50.7 Å². The Balaban J connectivity index is 2.07. The number of anilines is 1. The van der Waals surface area contributed by atoms with Gasteiger partial charge < -0.3 is 20.3 Å². The number of carbonyl (C=O) groups excluding carboxylic acids is 1. The first kappa shape index (κ1) is 15.9. The highest BCUT2D eigenvalue weighted by Gasteiger charge is 2.39. The molecule has 0 aromatic heterocycles. The molecule has 5 nitrogen and oxygen atoms in total. The minimum Gasteiger partial charge on any atom is -0.368 e. The number of methoxy groups -OCH3 is 1. The fourth-order valence-corrected chi connectivity index (χ4v) is 2.71. The van der Waals surface area contributed by atoms with E-state index in [2.05, 4.69) is 21.6 Å². The van der Waals surface area contributed by atoms with Crippen molar-refractivity contribution in [3.05, 3.63) is 29.8 Å². The Morgan fingerprint density at radius 2 is 2.10 bits per heavy atom. The van der Waals surface area contributed by atoms with E-state index in [0.717, 1.165) is 25.3 Å². The summed E-state index contributed by atoms with van der Waals surface area (Å²) in [4.78, 5) is 14.7. The summed E-state index contributed by atoms with van der Waals surface area (Å²) >= 11 is 0. The largest absolute Gasteiger partial charge is 0.368 e. The molecule has 1 aliphatic heterocycles. The third kappa shape index (κ3) is 4.03. The Labute approximate surface area is 126 Å². The monoisotopic (exact) mass is 291 g/mol. The van der Waals surface area contributed by atoms with Crippen LogP contribution < -0.4 is 10.6 Å². The molecule has 0 saturated carbocycles. The van der Waals surface area contributed by atoms with E-state index in [1.807, 2.05) is 32.3 Å². The van der Waals surface area contributed by atoms with E-state index in [1.165, 1.54) is 5.56 Å². The van der Waals surface area contributed by atoms with Gasteiger partial charge in [0.1, 0.15) is 5.60 Å². The molecule has 0 aliphatic carbocycles. The van der Waals surface area contributed by atoms with E-state index in [1.54, 1.807) is 7.11 Å². The molecule has 5 heteroatoms. The van der Waals surface area contributed by atoms with Crippen molar-refractivity contribution in [2.45, 2.75) is 25.0 Å². The zero-order valence-corrected chi connectivity index (χ0v) is 13.1. The van der Waals surface area contributed by atoms with Crippen LogP contribution in [0.2, 0.25) is 0 Å². The van der Waals surface area contributed by atoms with Crippen molar-refractivity contribution < 1.29 is 9.53 Å². The number of carbonyl (C=O) groups is 1. The Morgan fingerprint density at radius 3 is 2.71 bits per heavy atom. The number of hydrogen-bond donors (Lipinski definition) is 2. The minimum atomic E-state index is -0.706. The summed E-state index contributed by atoms with van der Waals surface area (Å²) in [7, 11) is 5.67. The number of rotatable bonds is 5. The van der Waals surface area contributed by atoms with Crippen molar-refractivity contribution in [3.8, 4) is 0 Å². The van der Waals surface area contributed by atoms with Gasteiger partial charge in [-0.15, -0.1) is 0 Å². The fourth-order valence-electron chi connectivity index (χ4n) is 2.71. The first-order valence-corrected chi connectivity index (χ1v) is 7.37. The zero-order valence-electron chi connectivity index (χ0n) is 13.1. The lowest BCUT2D eigenvalue weighted by atomic mass is 9.91. The van der Waals surface area contributed by atoms with Gasteiger partial charge in [0.2, 0.25) is 0 Å². The third-order valence-corrected chi connectivity index (χ3v) is 3.90. The van der Waals surface area contributed by atoms with Crippen LogP contribution in [0.5, 0.6) is 0 Å². The van der Waals surface area contributed by atoms with Crippen molar-refractivity contribution in [3.63, 3.8) is 0 Å². The van der Waals surface area contributed by atoms with E-state index in [4.69, 9.17) is 4.74 Å². The van der Waals surface area contributed by atoms with Gasteiger partial charge in [-0.25, -0.2) is 0 Å². The molecule has 1 aromatic carbocycles. The number of nitrogens with one attached hydrogen (secondary N) is 2. The van der Waals surface area contributed by atoms with Crippen molar-refractivity contribution in [2.24, 2.45) is 0 Å². The quantitative estimate of drug-likeness (QED) is 0.862. The normalized spacial score (nSPS) is 17.7. The topological polar surface area (TPSA) is 53.6 Å². The molecule has 1 heterocycles. The lowest BCUT2D eigenvalue weighted by molar-refractivity contribution is -0.140. The molecule has 116 valence electrons. The van der Waals surface area contributed by atoms with Crippen LogP contribution >= 0.6 is 0 Å². The highest BCUT2D eigenvalue weighted by molar-refractivity contribution is 5.97. The molecule has 0 radical (unpaired) electrons. The van der Waals surface area contributed by atoms with Gasteiger partial charge in [-0.1, -0.05) is 12.1 Å². The molecule has 1 fully saturated rings. The summed E-state index contributed by atoms with van der Waals surface area (Å²) in [5, 5.41) is 6.26. The summed E-state index contributed by atoms with van der Waals surface area (Å²) in [6, 6.07) is 7.96. The van der Waals surface area contributed by atoms with Crippen molar-refractivity contribution in [1.82, 2.24) is 10.2 Å². The second kappa shape index (κ2) is 7.02. The van der Waals surface area contributed by atoms with Gasteiger partial charge >= 0.3 is 0 Å². The average molecular weight is 291 g/mol. The van der Waals surface area contributed by atoms with E-state index < -0.39 is 5.60 Å². The van der Waals surface area contributed by atoms with Crippen LogP contribution in [0, 0.1) is 0 Å². The Bertz CT molecular complexity index is 482. The number of nitrogens with zero attached hydrogens (tertiary/aromatic N) is 1. The van der Waals surface area contributed by atoms with Gasteiger partial charge in [0.05, 0.1) is 0 Å². The number of amides is 1. The molecule has 2 N–H and O–H groups in total. The molecule has 2 rings (SSSR count). The standard InChI is InChI=1S/C16H25N3O2/c1-19(2)12-13-5-4-6-14(11-13)18-15(20)16(21-3)7-9-17-10-8-16/h4-6,11,17H,7-10,12H2,1-3H3,(H,18,20). The van der Waals surface area contributed by atoms with Gasteiger partial charge in [-0.2, -0.15) is 0 Å². The Kier molecular flexibility index (Phi) is 5.33. The fraction of sp³-hybridized carbons (Fsp3) is 0.562. The molecule has 1 amide bonds. The van der Waals surface area contributed by atoms with Crippen molar-refractivity contribution >= 4 is 11.6 Å². The van der Waals surface area contributed by atoms with Crippen LogP contribution in [0.1, 0.15) is 18.4 Å². The lowest BCUT2D eigenvalue weighted by Gasteiger charge is -2.34. The molecule has 0 spiro atoms. The number of benzene rings is 1. The second-order valence-electron chi connectivity index (χ2n) is 5.84. The molecule has 0 unspecified atom stereocenters. The van der Waals surface area contributed by atoms with E-state index in [-0.39, 0.29) is 5.91 Å². The molecule has 0 bridgehead atoms. The average Bonchev–Trinajstić information content (AvgIpc) is 2.47. The molecule has 21 heavy (non-hydrogen) atoms. The van der Waals surface area contributed by atoms with E-state index >= 15 is 0 Å².